The molecule has 3 atom stereocenters. The van der Waals surface area contributed by atoms with Crippen molar-refractivity contribution in [2.45, 2.75) is 39.3 Å². The number of piperidine rings is 1. The molecule has 1 fully saturated rings. The Labute approximate surface area is 89.6 Å². The Morgan fingerprint density at radius 2 is 2.00 bits per heavy atom. The second kappa shape index (κ2) is 4.61. The van der Waals surface area contributed by atoms with Gasteiger partial charge in [0, 0.05) is 25.6 Å². The number of likely N-dealkylation sites (tertiary alicyclic amines) is 1. The van der Waals surface area contributed by atoms with Gasteiger partial charge < -0.3 is 15.4 Å². The molecule has 86 valence electrons. The van der Waals surface area contributed by atoms with E-state index in [2.05, 4.69) is 4.74 Å². The molecular formula is C10H18N2O3. The molecule has 5 heteroatoms. The number of rotatable bonds is 0. The quantitative estimate of drug-likeness (QED) is 0.476. The van der Waals surface area contributed by atoms with Gasteiger partial charge >= 0.3 is 12.1 Å². The first-order valence-corrected chi connectivity index (χ1v) is 5.16. The van der Waals surface area contributed by atoms with Gasteiger partial charge in [0.1, 0.15) is 0 Å². The molecule has 1 amide bonds. The molecule has 1 heterocycles. The maximum absolute atomic E-state index is 11.5. The highest BCUT2D eigenvalue weighted by Gasteiger charge is 2.32. The Bertz CT molecular complexity index is 267. The fourth-order valence-corrected chi connectivity index (χ4v) is 1.82. The molecule has 0 saturated carbocycles. The number of carbonyl (C=O) groups excluding carboxylic acids is 2. The van der Waals surface area contributed by atoms with E-state index in [1.165, 1.54) is 6.92 Å². The van der Waals surface area contributed by atoms with Gasteiger partial charge in [-0.05, 0) is 19.3 Å². The zero-order valence-electron chi connectivity index (χ0n) is 9.40. The van der Waals surface area contributed by atoms with E-state index in [1.54, 1.807) is 4.90 Å². The van der Waals surface area contributed by atoms with Crippen LogP contribution in [0.15, 0.2) is 0 Å². The monoisotopic (exact) mass is 214 g/mol. The van der Waals surface area contributed by atoms with Crippen molar-refractivity contribution in [2.24, 2.45) is 11.7 Å². The Kier molecular flexibility index (Phi) is 3.68. The highest BCUT2D eigenvalue weighted by molar-refractivity contribution is 5.83. The van der Waals surface area contributed by atoms with Crippen LogP contribution in [0.2, 0.25) is 0 Å². The number of hydrogen-bond acceptors (Lipinski definition) is 4. The minimum atomic E-state index is -0.574. The van der Waals surface area contributed by atoms with E-state index in [0.717, 1.165) is 6.42 Å². The third kappa shape index (κ3) is 2.92. The Balaban J connectivity index is 2.61. The van der Waals surface area contributed by atoms with Crippen molar-refractivity contribution in [3.8, 4) is 0 Å². The van der Waals surface area contributed by atoms with Crippen molar-refractivity contribution >= 4 is 12.1 Å². The molecular weight excluding hydrogens is 196 g/mol. The highest BCUT2D eigenvalue weighted by atomic mass is 16.6. The fourth-order valence-electron chi connectivity index (χ4n) is 1.82. The van der Waals surface area contributed by atoms with Gasteiger partial charge in [0.2, 0.25) is 0 Å². The first-order valence-electron chi connectivity index (χ1n) is 5.16. The average Bonchev–Trinajstić information content (AvgIpc) is 2.09. The van der Waals surface area contributed by atoms with Crippen LogP contribution < -0.4 is 5.73 Å². The SMILES string of the molecule is CC(=O)OC(=O)N1C[C@H](C)C(N)C[C@H]1C. The van der Waals surface area contributed by atoms with E-state index in [4.69, 9.17) is 5.73 Å². The normalized spacial score (nSPS) is 31.2. The van der Waals surface area contributed by atoms with E-state index < -0.39 is 12.1 Å². The summed E-state index contributed by atoms with van der Waals surface area (Å²) in [6, 6.07) is 0.143. The third-order valence-corrected chi connectivity index (χ3v) is 2.83. The van der Waals surface area contributed by atoms with E-state index in [0.29, 0.717) is 6.54 Å². The maximum atomic E-state index is 11.5. The molecule has 1 unspecified atom stereocenters. The van der Waals surface area contributed by atoms with Gasteiger partial charge in [-0.15, -0.1) is 0 Å². The first kappa shape index (κ1) is 12.0. The zero-order chi connectivity index (χ0) is 11.6. The molecule has 1 saturated heterocycles. The van der Waals surface area contributed by atoms with Crippen molar-refractivity contribution in [3.63, 3.8) is 0 Å². The van der Waals surface area contributed by atoms with Crippen molar-refractivity contribution in [1.82, 2.24) is 4.90 Å². The summed E-state index contributed by atoms with van der Waals surface area (Å²) in [5.41, 5.74) is 5.89. The van der Waals surface area contributed by atoms with Gasteiger partial charge in [-0.3, -0.25) is 4.79 Å². The predicted octanol–water partition coefficient (Wildman–Crippen LogP) is 0.727. The minimum absolute atomic E-state index is 0.0306. The molecule has 0 aromatic carbocycles. The number of amides is 1. The Hall–Kier alpha value is -1.10. The van der Waals surface area contributed by atoms with E-state index >= 15 is 0 Å². The summed E-state index contributed by atoms with van der Waals surface area (Å²) in [5.74, 6) is -0.338. The minimum Gasteiger partial charge on any atom is -0.376 e. The van der Waals surface area contributed by atoms with Crippen molar-refractivity contribution in [1.29, 1.82) is 0 Å². The van der Waals surface area contributed by atoms with Crippen LogP contribution in [0, 0.1) is 5.92 Å². The summed E-state index contributed by atoms with van der Waals surface area (Å²) in [7, 11) is 0. The Morgan fingerprint density at radius 1 is 1.40 bits per heavy atom. The summed E-state index contributed by atoms with van der Waals surface area (Å²) >= 11 is 0. The molecule has 1 aliphatic heterocycles. The molecule has 15 heavy (non-hydrogen) atoms. The van der Waals surface area contributed by atoms with Crippen molar-refractivity contribution in [3.05, 3.63) is 0 Å². The third-order valence-electron chi connectivity index (χ3n) is 2.83. The molecule has 0 aromatic heterocycles. The van der Waals surface area contributed by atoms with Gasteiger partial charge in [0.15, 0.2) is 0 Å². The average molecular weight is 214 g/mol. The summed E-state index contributed by atoms with van der Waals surface area (Å²) in [6.07, 6.45) is 0.183. The summed E-state index contributed by atoms with van der Waals surface area (Å²) < 4.78 is 4.55. The smallest absolute Gasteiger partial charge is 0.376 e. The lowest BCUT2D eigenvalue weighted by Crippen LogP contribution is -2.53. The van der Waals surface area contributed by atoms with Crippen molar-refractivity contribution < 1.29 is 14.3 Å². The van der Waals surface area contributed by atoms with Gasteiger partial charge in [0.05, 0.1) is 0 Å². The second-order valence-electron chi connectivity index (χ2n) is 4.24. The zero-order valence-corrected chi connectivity index (χ0v) is 9.40. The predicted molar refractivity (Wildman–Crippen MR) is 55.1 cm³/mol. The molecule has 1 aliphatic rings. The molecule has 0 spiro atoms. The van der Waals surface area contributed by atoms with Gasteiger partial charge in [-0.1, -0.05) is 6.92 Å². The molecule has 2 N–H and O–H groups in total. The van der Waals surface area contributed by atoms with E-state index in [1.807, 2.05) is 13.8 Å². The van der Waals surface area contributed by atoms with Gasteiger partial charge in [-0.2, -0.15) is 0 Å². The topological polar surface area (TPSA) is 72.6 Å². The number of nitrogens with two attached hydrogens (primary N) is 1. The number of hydrogen-bond donors (Lipinski definition) is 1. The van der Waals surface area contributed by atoms with E-state index in [9.17, 15) is 9.59 Å². The molecule has 0 bridgehead atoms. The lowest BCUT2D eigenvalue weighted by atomic mass is 9.90. The standard InChI is InChI=1S/C10H18N2O3/c1-6-5-12(7(2)4-9(6)11)10(14)15-8(3)13/h6-7,9H,4-5,11H2,1-3H3/t6-,7+,9?/m0/s1. The van der Waals surface area contributed by atoms with Crippen LogP contribution in [-0.2, 0) is 9.53 Å². The van der Waals surface area contributed by atoms with Crippen LogP contribution in [0.1, 0.15) is 27.2 Å². The van der Waals surface area contributed by atoms with Crippen LogP contribution in [0.4, 0.5) is 4.79 Å². The van der Waals surface area contributed by atoms with Crippen LogP contribution in [0.5, 0.6) is 0 Å². The Morgan fingerprint density at radius 3 is 2.53 bits per heavy atom. The lowest BCUT2D eigenvalue weighted by molar-refractivity contribution is -0.136. The summed E-state index contributed by atoms with van der Waals surface area (Å²) in [4.78, 5) is 23.7. The summed E-state index contributed by atoms with van der Waals surface area (Å²) in [6.45, 7) is 5.67. The fraction of sp³-hybridized carbons (Fsp3) is 0.800. The number of ether oxygens (including phenoxy) is 1. The molecule has 0 radical (unpaired) electrons. The highest BCUT2D eigenvalue weighted by Crippen LogP contribution is 2.21. The van der Waals surface area contributed by atoms with Crippen LogP contribution in [0.25, 0.3) is 0 Å². The number of esters is 1. The molecule has 0 aromatic rings. The van der Waals surface area contributed by atoms with Crippen LogP contribution >= 0.6 is 0 Å². The van der Waals surface area contributed by atoms with E-state index in [-0.39, 0.29) is 18.0 Å². The maximum Gasteiger partial charge on any atom is 0.417 e. The van der Waals surface area contributed by atoms with Crippen LogP contribution in [-0.4, -0.2) is 35.6 Å². The summed E-state index contributed by atoms with van der Waals surface area (Å²) in [5, 5.41) is 0. The molecule has 0 aliphatic carbocycles. The number of carbonyl (C=O) groups is 2. The first-order chi connectivity index (χ1) is 6.91. The molecule has 1 rings (SSSR count). The van der Waals surface area contributed by atoms with Gasteiger partial charge in [0.25, 0.3) is 0 Å². The van der Waals surface area contributed by atoms with Gasteiger partial charge in [-0.25, -0.2) is 4.79 Å². The second-order valence-corrected chi connectivity index (χ2v) is 4.24. The van der Waals surface area contributed by atoms with Crippen LogP contribution in [0.3, 0.4) is 0 Å². The van der Waals surface area contributed by atoms with Crippen molar-refractivity contribution in [2.75, 3.05) is 6.54 Å². The lowest BCUT2D eigenvalue weighted by Gasteiger charge is -2.39. The molecule has 5 nitrogen and oxygen atoms in total. The number of nitrogens with zero attached hydrogens (tertiary/aromatic N) is 1. The largest absolute Gasteiger partial charge is 0.417 e.